The average Bonchev–Trinajstić information content (AvgIpc) is 2.44. The van der Waals surface area contributed by atoms with E-state index in [1.54, 1.807) is 6.07 Å². The van der Waals surface area contributed by atoms with E-state index in [-0.39, 0.29) is 11.5 Å². The number of halogens is 1. The first-order valence-electron chi connectivity index (χ1n) is 3.87. The fourth-order valence-electron chi connectivity index (χ4n) is 1.22. The van der Waals surface area contributed by atoms with Crippen LogP contribution in [0, 0.1) is 0 Å². The smallest absolute Gasteiger partial charge is 0.273 e. The third kappa shape index (κ3) is 1.27. The fraction of sp³-hybridized carbons (Fsp3) is 0.125. The molecule has 0 aliphatic rings. The Bertz CT molecular complexity index is 569. The number of H-pyrrole nitrogens is 1. The molecule has 14 heavy (non-hydrogen) atoms. The Labute approximate surface area is 86.9 Å². The first kappa shape index (κ1) is 9.14. The molecule has 72 valence electrons. The molecule has 0 aliphatic carbocycles. The van der Waals surface area contributed by atoms with Gasteiger partial charge in [-0.05, 0) is 22.0 Å². The zero-order valence-electron chi connectivity index (χ0n) is 7.24. The Hall–Kier alpha value is -1.43. The largest absolute Gasteiger partial charge is 0.274 e. The van der Waals surface area contributed by atoms with E-state index < -0.39 is 0 Å². The van der Waals surface area contributed by atoms with Crippen LogP contribution >= 0.6 is 15.9 Å². The number of rotatable bonds is 0. The second-order valence-corrected chi connectivity index (χ2v) is 3.74. The minimum Gasteiger partial charge on any atom is -0.273 e. The second kappa shape index (κ2) is 3.06. The number of hydrogen-bond donors (Lipinski definition) is 1. The van der Waals surface area contributed by atoms with Gasteiger partial charge in [0.25, 0.3) is 5.56 Å². The van der Waals surface area contributed by atoms with Crippen molar-refractivity contribution in [2.45, 2.75) is 6.92 Å². The van der Waals surface area contributed by atoms with Gasteiger partial charge in [0, 0.05) is 17.6 Å². The van der Waals surface area contributed by atoms with Gasteiger partial charge in [-0.3, -0.25) is 14.7 Å². The maximum absolute atomic E-state index is 11.4. The predicted molar refractivity (Wildman–Crippen MR) is 54.4 cm³/mol. The van der Waals surface area contributed by atoms with Gasteiger partial charge in [-0.15, -0.1) is 0 Å². The van der Waals surface area contributed by atoms with E-state index >= 15 is 0 Å². The monoisotopic (exact) mass is 255 g/mol. The van der Waals surface area contributed by atoms with Crippen LogP contribution in [0.25, 0.3) is 11.0 Å². The van der Waals surface area contributed by atoms with Crippen molar-refractivity contribution in [2.75, 3.05) is 0 Å². The molecular weight excluding hydrogens is 250 g/mol. The number of hydrogen-bond acceptors (Lipinski definition) is 3. The lowest BCUT2D eigenvalue weighted by atomic mass is 10.3. The molecule has 2 aromatic heterocycles. The summed E-state index contributed by atoms with van der Waals surface area (Å²) >= 11 is 3.20. The quantitative estimate of drug-likeness (QED) is 0.768. The molecule has 0 amide bonds. The molecule has 6 heteroatoms. The zero-order valence-corrected chi connectivity index (χ0v) is 8.83. The highest BCUT2D eigenvalue weighted by Crippen LogP contribution is 2.13. The molecule has 2 rings (SSSR count). The van der Waals surface area contributed by atoms with Crippen LogP contribution < -0.4 is 5.56 Å². The topological polar surface area (TPSA) is 67.8 Å². The van der Waals surface area contributed by atoms with Crippen LogP contribution in [0.1, 0.15) is 11.7 Å². The Morgan fingerprint density at radius 1 is 1.64 bits per heavy atom. The van der Waals surface area contributed by atoms with Crippen molar-refractivity contribution >= 4 is 32.9 Å². The van der Waals surface area contributed by atoms with E-state index in [0.717, 1.165) is 4.68 Å². The lowest BCUT2D eigenvalue weighted by Crippen LogP contribution is -2.11. The molecule has 2 aromatic rings. The van der Waals surface area contributed by atoms with E-state index in [1.165, 1.54) is 13.1 Å². The molecule has 0 fully saturated rings. The Kier molecular flexibility index (Phi) is 1.99. The van der Waals surface area contributed by atoms with Crippen molar-refractivity contribution in [2.24, 2.45) is 0 Å². The lowest BCUT2D eigenvalue weighted by molar-refractivity contribution is 0.0925. The third-order valence-corrected chi connectivity index (χ3v) is 2.25. The SMILES string of the molecule is CC(=O)n1[nH]c(=O)c2cc(Br)cnc21. The van der Waals surface area contributed by atoms with Crippen molar-refractivity contribution in [1.29, 1.82) is 0 Å². The number of aromatic amines is 1. The summed E-state index contributed by atoms with van der Waals surface area (Å²) < 4.78 is 1.83. The van der Waals surface area contributed by atoms with Gasteiger partial charge in [-0.2, -0.15) is 0 Å². The van der Waals surface area contributed by atoms with Crippen LogP contribution in [0.15, 0.2) is 21.5 Å². The fourth-order valence-corrected chi connectivity index (χ4v) is 1.55. The summed E-state index contributed by atoms with van der Waals surface area (Å²) in [5.74, 6) is -0.271. The van der Waals surface area contributed by atoms with E-state index in [2.05, 4.69) is 26.0 Å². The number of aromatic nitrogens is 3. The number of nitrogens with zero attached hydrogens (tertiary/aromatic N) is 2. The molecular formula is C8H6BrN3O2. The Balaban J connectivity index is 2.91. The highest BCUT2D eigenvalue weighted by Gasteiger charge is 2.10. The van der Waals surface area contributed by atoms with Gasteiger partial charge >= 0.3 is 0 Å². The van der Waals surface area contributed by atoms with Gasteiger partial charge in [-0.1, -0.05) is 0 Å². The number of pyridine rings is 1. The summed E-state index contributed by atoms with van der Waals surface area (Å²) in [6.45, 7) is 1.36. The normalized spacial score (nSPS) is 10.7. The van der Waals surface area contributed by atoms with Crippen LogP contribution in [0.4, 0.5) is 0 Å². The summed E-state index contributed by atoms with van der Waals surface area (Å²) in [4.78, 5) is 26.5. The van der Waals surface area contributed by atoms with Crippen molar-refractivity contribution < 1.29 is 4.79 Å². The maximum atomic E-state index is 11.4. The first-order valence-corrected chi connectivity index (χ1v) is 4.66. The van der Waals surface area contributed by atoms with E-state index in [4.69, 9.17) is 0 Å². The molecule has 0 saturated heterocycles. The van der Waals surface area contributed by atoms with E-state index in [0.29, 0.717) is 15.5 Å². The number of nitrogens with one attached hydrogen (secondary N) is 1. The van der Waals surface area contributed by atoms with Gasteiger partial charge < -0.3 is 0 Å². The van der Waals surface area contributed by atoms with Crippen LogP contribution in [-0.2, 0) is 0 Å². The molecule has 1 N–H and O–H groups in total. The van der Waals surface area contributed by atoms with Crippen molar-refractivity contribution in [3.8, 4) is 0 Å². The van der Waals surface area contributed by atoms with Crippen molar-refractivity contribution in [3.63, 3.8) is 0 Å². The molecule has 0 radical (unpaired) electrons. The molecule has 0 atom stereocenters. The molecule has 0 bridgehead atoms. The standard InChI is InChI=1S/C8H6BrN3O2/c1-4(13)12-7-6(8(14)11-12)2-5(9)3-10-7/h2-3H,1H3,(H,11,14). The zero-order chi connectivity index (χ0) is 10.3. The maximum Gasteiger partial charge on any atom is 0.274 e. The highest BCUT2D eigenvalue weighted by molar-refractivity contribution is 9.10. The van der Waals surface area contributed by atoms with Gasteiger partial charge in [-0.25, -0.2) is 9.67 Å². The summed E-state index contributed by atoms with van der Waals surface area (Å²) in [6.07, 6.45) is 1.54. The minimum atomic E-state index is -0.316. The summed E-state index contributed by atoms with van der Waals surface area (Å²) in [5, 5.41) is 2.81. The number of carbonyl (C=O) groups is 1. The van der Waals surface area contributed by atoms with Crippen LogP contribution in [0.5, 0.6) is 0 Å². The average molecular weight is 256 g/mol. The second-order valence-electron chi connectivity index (χ2n) is 2.82. The van der Waals surface area contributed by atoms with Gasteiger partial charge in [0.15, 0.2) is 5.65 Å². The summed E-state index contributed by atoms with van der Waals surface area (Å²) in [7, 11) is 0. The van der Waals surface area contributed by atoms with Gasteiger partial charge in [0.1, 0.15) is 0 Å². The molecule has 0 spiro atoms. The van der Waals surface area contributed by atoms with E-state index in [9.17, 15) is 9.59 Å². The third-order valence-electron chi connectivity index (χ3n) is 1.82. The van der Waals surface area contributed by atoms with E-state index in [1.807, 2.05) is 0 Å². The first-order chi connectivity index (χ1) is 6.59. The van der Waals surface area contributed by atoms with Crippen LogP contribution in [0.3, 0.4) is 0 Å². The predicted octanol–water partition coefficient (Wildman–Crippen LogP) is 1.15. The molecule has 0 saturated carbocycles. The van der Waals surface area contributed by atoms with Gasteiger partial charge in [0.05, 0.1) is 5.39 Å². The summed E-state index contributed by atoms with van der Waals surface area (Å²) in [6, 6.07) is 1.63. The molecule has 5 nitrogen and oxygen atoms in total. The van der Waals surface area contributed by atoms with Crippen molar-refractivity contribution in [1.82, 2.24) is 14.8 Å². The Morgan fingerprint density at radius 3 is 3.00 bits per heavy atom. The minimum absolute atomic E-state index is 0.271. The number of carbonyl (C=O) groups excluding carboxylic acids is 1. The molecule has 0 aliphatic heterocycles. The lowest BCUT2D eigenvalue weighted by Gasteiger charge is -1.95. The highest BCUT2D eigenvalue weighted by atomic mass is 79.9. The van der Waals surface area contributed by atoms with Crippen LogP contribution in [-0.4, -0.2) is 20.7 Å². The van der Waals surface area contributed by atoms with Crippen LogP contribution in [0.2, 0.25) is 0 Å². The van der Waals surface area contributed by atoms with Crippen molar-refractivity contribution in [3.05, 3.63) is 27.1 Å². The van der Waals surface area contributed by atoms with Gasteiger partial charge in [0.2, 0.25) is 5.91 Å². The number of fused-ring (bicyclic) bond motifs is 1. The Morgan fingerprint density at radius 2 is 2.36 bits per heavy atom. The molecule has 2 heterocycles. The molecule has 0 unspecified atom stereocenters. The summed E-state index contributed by atoms with van der Waals surface area (Å²) in [5.41, 5.74) is 0.0368. The molecule has 0 aromatic carbocycles.